The predicted molar refractivity (Wildman–Crippen MR) is 121 cm³/mol. The van der Waals surface area contributed by atoms with Crippen LogP contribution < -0.4 is 5.32 Å². The molecule has 2 aromatic carbocycles. The van der Waals surface area contributed by atoms with E-state index >= 15 is 0 Å². The summed E-state index contributed by atoms with van der Waals surface area (Å²) < 4.78 is 5.74. The van der Waals surface area contributed by atoms with E-state index in [-0.39, 0.29) is 24.0 Å². The lowest BCUT2D eigenvalue weighted by Gasteiger charge is -2.34. The number of nitrogens with one attached hydrogen (secondary N) is 1. The number of halogens is 1. The molecule has 26 heavy (non-hydrogen) atoms. The van der Waals surface area contributed by atoms with Gasteiger partial charge in [-0.25, -0.2) is 0 Å². The summed E-state index contributed by atoms with van der Waals surface area (Å²) in [5, 5.41) is 6.19. The topological polar surface area (TPSA) is 36.9 Å². The minimum Gasteiger partial charge on any atom is -0.378 e. The third-order valence-corrected chi connectivity index (χ3v) is 4.91. The van der Waals surface area contributed by atoms with Crippen LogP contribution in [0.4, 0.5) is 0 Å². The largest absolute Gasteiger partial charge is 0.378 e. The quantitative estimate of drug-likeness (QED) is 0.409. The first-order valence-electron chi connectivity index (χ1n) is 9.35. The Balaban J connectivity index is 0.00000243. The highest BCUT2D eigenvalue weighted by atomic mass is 127. The lowest BCUT2D eigenvalue weighted by molar-refractivity contribution is 0.0264. The highest BCUT2D eigenvalue weighted by molar-refractivity contribution is 14.0. The number of rotatable bonds is 5. The van der Waals surface area contributed by atoms with E-state index in [1.165, 1.54) is 16.3 Å². The van der Waals surface area contributed by atoms with Crippen molar-refractivity contribution in [2.24, 2.45) is 4.99 Å². The molecule has 5 heteroatoms. The van der Waals surface area contributed by atoms with E-state index in [0.717, 1.165) is 51.5 Å². The van der Waals surface area contributed by atoms with Crippen molar-refractivity contribution < 1.29 is 4.74 Å². The van der Waals surface area contributed by atoms with E-state index in [9.17, 15) is 0 Å². The van der Waals surface area contributed by atoms with Crippen LogP contribution in [-0.4, -0.2) is 50.3 Å². The molecule has 0 atom stereocenters. The fourth-order valence-corrected chi connectivity index (χ4v) is 3.62. The van der Waals surface area contributed by atoms with Crippen molar-refractivity contribution in [2.45, 2.75) is 32.3 Å². The molecule has 142 valence electrons. The van der Waals surface area contributed by atoms with Crippen molar-refractivity contribution >= 4 is 40.7 Å². The molecular formula is C21H30IN3O. The van der Waals surface area contributed by atoms with Gasteiger partial charge in [-0.1, -0.05) is 42.5 Å². The van der Waals surface area contributed by atoms with E-state index in [1.807, 2.05) is 7.05 Å². The fraction of sp³-hybridized carbons (Fsp3) is 0.476. The summed E-state index contributed by atoms with van der Waals surface area (Å²) in [6, 6.07) is 15.1. The molecule has 0 aromatic heterocycles. The Labute approximate surface area is 174 Å². The zero-order chi connectivity index (χ0) is 17.5. The average Bonchev–Trinajstić information content (AvgIpc) is 2.66. The molecule has 1 fully saturated rings. The van der Waals surface area contributed by atoms with Crippen molar-refractivity contribution in [1.29, 1.82) is 0 Å². The molecule has 1 saturated heterocycles. The van der Waals surface area contributed by atoms with E-state index in [2.05, 4.69) is 64.6 Å². The maximum Gasteiger partial charge on any atom is 0.193 e. The van der Waals surface area contributed by atoms with Gasteiger partial charge in [0.1, 0.15) is 0 Å². The monoisotopic (exact) mass is 467 g/mol. The maximum atomic E-state index is 5.74. The molecule has 4 nitrogen and oxygen atoms in total. The normalized spacial score (nSPS) is 15.8. The van der Waals surface area contributed by atoms with Gasteiger partial charge in [0.05, 0.1) is 6.10 Å². The van der Waals surface area contributed by atoms with Crippen molar-refractivity contribution in [3.05, 3.63) is 48.0 Å². The number of aliphatic imine (C=N–C) groups is 1. The van der Waals surface area contributed by atoms with Crippen LogP contribution in [0.3, 0.4) is 0 Å². The van der Waals surface area contributed by atoms with Gasteiger partial charge in [0.2, 0.25) is 0 Å². The number of piperidine rings is 1. The van der Waals surface area contributed by atoms with Crippen LogP contribution in [0.1, 0.15) is 25.3 Å². The summed E-state index contributed by atoms with van der Waals surface area (Å²) in [4.78, 5) is 6.81. The minimum absolute atomic E-state index is 0. The molecule has 0 amide bonds. The van der Waals surface area contributed by atoms with Gasteiger partial charge in [0, 0.05) is 33.3 Å². The Morgan fingerprint density at radius 1 is 1.15 bits per heavy atom. The summed E-state index contributed by atoms with van der Waals surface area (Å²) in [5.41, 5.74) is 1.39. The van der Waals surface area contributed by atoms with E-state index in [0.29, 0.717) is 6.10 Å². The van der Waals surface area contributed by atoms with Gasteiger partial charge in [-0.15, -0.1) is 24.0 Å². The molecule has 1 N–H and O–H groups in total. The van der Waals surface area contributed by atoms with Crippen molar-refractivity contribution in [3.63, 3.8) is 0 Å². The summed E-state index contributed by atoms with van der Waals surface area (Å²) in [7, 11) is 1.87. The summed E-state index contributed by atoms with van der Waals surface area (Å²) in [6.07, 6.45) is 3.57. The zero-order valence-corrected chi connectivity index (χ0v) is 18.1. The van der Waals surface area contributed by atoms with Gasteiger partial charge in [0.25, 0.3) is 0 Å². The zero-order valence-electron chi connectivity index (χ0n) is 15.8. The minimum atomic E-state index is 0. The first-order chi connectivity index (χ1) is 12.3. The summed E-state index contributed by atoms with van der Waals surface area (Å²) in [5.74, 6) is 1.01. The molecule has 3 rings (SSSR count). The van der Waals surface area contributed by atoms with Crippen molar-refractivity contribution in [2.75, 3.05) is 33.3 Å². The van der Waals surface area contributed by atoms with Gasteiger partial charge in [-0.3, -0.25) is 4.99 Å². The number of guanidine groups is 1. The van der Waals surface area contributed by atoms with Crippen molar-refractivity contribution in [1.82, 2.24) is 10.2 Å². The molecule has 0 radical (unpaired) electrons. The molecule has 1 heterocycles. The van der Waals surface area contributed by atoms with Gasteiger partial charge in [-0.2, -0.15) is 0 Å². The van der Waals surface area contributed by atoms with Crippen LogP contribution in [0.25, 0.3) is 10.8 Å². The van der Waals surface area contributed by atoms with E-state index in [1.54, 1.807) is 0 Å². The highest BCUT2D eigenvalue weighted by Gasteiger charge is 2.21. The van der Waals surface area contributed by atoms with Gasteiger partial charge < -0.3 is 15.0 Å². The third kappa shape index (κ3) is 5.33. The molecule has 1 aliphatic rings. The van der Waals surface area contributed by atoms with Crippen LogP contribution in [0, 0.1) is 0 Å². The van der Waals surface area contributed by atoms with Gasteiger partial charge in [-0.05, 0) is 42.5 Å². The molecule has 1 aliphatic heterocycles. The van der Waals surface area contributed by atoms with Crippen LogP contribution >= 0.6 is 24.0 Å². The smallest absolute Gasteiger partial charge is 0.193 e. The molecule has 2 aromatic rings. The number of benzene rings is 2. The van der Waals surface area contributed by atoms with Crippen LogP contribution in [0.2, 0.25) is 0 Å². The second-order valence-electron chi connectivity index (χ2n) is 6.50. The predicted octanol–water partition coefficient (Wildman–Crippen LogP) is 4.08. The Morgan fingerprint density at radius 2 is 1.88 bits per heavy atom. The highest BCUT2D eigenvalue weighted by Crippen LogP contribution is 2.19. The molecule has 0 bridgehead atoms. The Morgan fingerprint density at radius 3 is 2.62 bits per heavy atom. The molecule has 0 saturated carbocycles. The molecule has 0 unspecified atom stereocenters. The Bertz CT molecular complexity index is 706. The second-order valence-corrected chi connectivity index (χ2v) is 6.50. The SMILES string of the molecule is CCOC1CCN(C(=NC)NCCc2cccc3ccccc23)CC1.I. The summed E-state index contributed by atoms with van der Waals surface area (Å²) >= 11 is 0. The van der Waals surface area contributed by atoms with Crippen LogP contribution in [0.5, 0.6) is 0 Å². The number of likely N-dealkylation sites (tertiary alicyclic amines) is 1. The number of ether oxygens (including phenoxy) is 1. The fourth-order valence-electron chi connectivity index (χ4n) is 3.62. The maximum absolute atomic E-state index is 5.74. The average molecular weight is 467 g/mol. The number of hydrogen-bond acceptors (Lipinski definition) is 2. The Hall–Kier alpha value is -1.34. The third-order valence-electron chi connectivity index (χ3n) is 4.91. The lowest BCUT2D eigenvalue weighted by atomic mass is 10.0. The summed E-state index contributed by atoms with van der Waals surface area (Å²) in [6.45, 7) is 5.80. The van der Waals surface area contributed by atoms with E-state index in [4.69, 9.17) is 4.74 Å². The first kappa shape index (κ1) is 21.0. The first-order valence-corrected chi connectivity index (χ1v) is 9.35. The van der Waals surface area contributed by atoms with Gasteiger partial charge >= 0.3 is 0 Å². The molecule has 0 aliphatic carbocycles. The molecular weight excluding hydrogens is 437 g/mol. The number of nitrogens with zero attached hydrogens (tertiary/aromatic N) is 2. The van der Waals surface area contributed by atoms with Crippen molar-refractivity contribution in [3.8, 4) is 0 Å². The van der Waals surface area contributed by atoms with Crippen LogP contribution in [-0.2, 0) is 11.2 Å². The number of fused-ring (bicyclic) bond motifs is 1. The molecule has 0 spiro atoms. The van der Waals surface area contributed by atoms with Gasteiger partial charge in [0.15, 0.2) is 5.96 Å². The second kappa shape index (κ2) is 10.7. The van der Waals surface area contributed by atoms with E-state index < -0.39 is 0 Å². The lowest BCUT2D eigenvalue weighted by Crippen LogP contribution is -2.47. The Kier molecular flexibility index (Phi) is 8.65. The van der Waals surface area contributed by atoms with Crippen LogP contribution in [0.15, 0.2) is 47.5 Å². The number of hydrogen-bond donors (Lipinski definition) is 1. The standard InChI is InChI=1S/C21H29N3O.HI/c1-3-25-19-12-15-24(16-13-19)21(22-2)23-14-11-18-9-6-8-17-7-4-5-10-20(17)18;/h4-10,19H,3,11-16H2,1-2H3,(H,22,23);1H.